The molecule has 0 spiro atoms. The molecular formula is C12H14O3. The minimum Gasteiger partial charge on any atom is -0.496 e. The van der Waals surface area contributed by atoms with E-state index in [4.69, 9.17) is 9.47 Å². The molecule has 1 atom stereocenters. The summed E-state index contributed by atoms with van der Waals surface area (Å²) in [5.74, 6) is 1.31. The first-order chi connectivity index (χ1) is 7.33. The maximum Gasteiger partial charge on any atom is 0.139 e. The van der Waals surface area contributed by atoms with Gasteiger partial charge in [-0.1, -0.05) is 18.2 Å². The zero-order chi connectivity index (χ0) is 10.7. The molecule has 0 fully saturated rings. The summed E-state index contributed by atoms with van der Waals surface area (Å²) in [7, 11) is 1.59. The van der Waals surface area contributed by atoms with Gasteiger partial charge in [-0.2, -0.15) is 0 Å². The second-order valence-corrected chi connectivity index (χ2v) is 3.39. The lowest BCUT2D eigenvalue weighted by Gasteiger charge is -2.15. The molecule has 1 N–H and O–H groups in total. The van der Waals surface area contributed by atoms with Crippen LogP contribution in [0.1, 0.15) is 18.1 Å². The molecule has 0 saturated carbocycles. The second-order valence-electron chi connectivity index (χ2n) is 3.39. The van der Waals surface area contributed by atoms with Gasteiger partial charge in [0.15, 0.2) is 0 Å². The van der Waals surface area contributed by atoms with Crippen LogP contribution in [0.3, 0.4) is 0 Å². The van der Waals surface area contributed by atoms with Gasteiger partial charge in [0, 0.05) is 12.0 Å². The summed E-state index contributed by atoms with van der Waals surface area (Å²) in [6, 6.07) is 7.41. The Morgan fingerprint density at radius 3 is 2.87 bits per heavy atom. The van der Waals surface area contributed by atoms with E-state index in [1.54, 1.807) is 7.11 Å². The molecule has 80 valence electrons. The average molecular weight is 206 g/mol. The Kier molecular flexibility index (Phi) is 2.92. The van der Waals surface area contributed by atoms with Gasteiger partial charge < -0.3 is 14.6 Å². The molecule has 0 aliphatic carbocycles. The number of aliphatic hydroxyl groups excluding tert-OH is 1. The van der Waals surface area contributed by atoms with Crippen LogP contribution in [0.5, 0.6) is 5.75 Å². The fourth-order valence-corrected chi connectivity index (χ4v) is 1.67. The molecule has 3 nitrogen and oxygen atoms in total. The van der Waals surface area contributed by atoms with Crippen molar-refractivity contribution >= 4 is 0 Å². The number of aliphatic hydroxyl groups is 1. The van der Waals surface area contributed by atoms with Crippen LogP contribution >= 0.6 is 0 Å². The van der Waals surface area contributed by atoms with Crippen LogP contribution < -0.4 is 4.74 Å². The third kappa shape index (κ3) is 1.97. The molecule has 0 radical (unpaired) electrons. The summed E-state index contributed by atoms with van der Waals surface area (Å²) < 4.78 is 10.5. The van der Waals surface area contributed by atoms with Gasteiger partial charge in [-0.05, 0) is 12.1 Å². The topological polar surface area (TPSA) is 38.7 Å². The summed E-state index contributed by atoms with van der Waals surface area (Å²) in [6.07, 6.45) is 2.06. The van der Waals surface area contributed by atoms with Crippen molar-refractivity contribution in [3.05, 3.63) is 41.7 Å². The third-order valence-corrected chi connectivity index (χ3v) is 2.44. The molecule has 1 heterocycles. The van der Waals surface area contributed by atoms with Gasteiger partial charge in [0.25, 0.3) is 0 Å². The molecule has 1 unspecified atom stereocenters. The predicted molar refractivity (Wildman–Crippen MR) is 56.6 cm³/mol. The van der Waals surface area contributed by atoms with Crippen LogP contribution in [-0.2, 0) is 4.74 Å². The molecular weight excluding hydrogens is 192 g/mol. The van der Waals surface area contributed by atoms with Gasteiger partial charge in [-0.25, -0.2) is 0 Å². The van der Waals surface area contributed by atoms with E-state index in [0.717, 1.165) is 12.0 Å². The average Bonchev–Trinajstić information content (AvgIpc) is 2.81. The molecule has 1 aromatic rings. The lowest BCUT2D eigenvalue weighted by molar-refractivity contribution is 0.117. The number of rotatable bonds is 3. The Labute approximate surface area is 88.9 Å². The summed E-state index contributed by atoms with van der Waals surface area (Å²) in [6.45, 7) is 0.654. The first kappa shape index (κ1) is 10.1. The highest BCUT2D eigenvalue weighted by Crippen LogP contribution is 2.31. The van der Waals surface area contributed by atoms with E-state index in [0.29, 0.717) is 18.1 Å². The Morgan fingerprint density at radius 2 is 2.20 bits per heavy atom. The fraction of sp³-hybridized carbons (Fsp3) is 0.333. The SMILES string of the molecule is COc1ccccc1C(O)C1=CCCO1. The quantitative estimate of drug-likeness (QED) is 0.822. The third-order valence-electron chi connectivity index (χ3n) is 2.44. The van der Waals surface area contributed by atoms with E-state index in [9.17, 15) is 5.11 Å². The van der Waals surface area contributed by atoms with Crippen LogP contribution in [0.25, 0.3) is 0 Å². The number of hydrogen-bond donors (Lipinski definition) is 1. The van der Waals surface area contributed by atoms with E-state index in [1.807, 2.05) is 30.3 Å². The van der Waals surface area contributed by atoms with E-state index < -0.39 is 6.10 Å². The normalized spacial score (nSPS) is 16.8. The Hall–Kier alpha value is -1.48. The van der Waals surface area contributed by atoms with Crippen molar-refractivity contribution in [2.45, 2.75) is 12.5 Å². The molecule has 15 heavy (non-hydrogen) atoms. The molecule has 3 heteroatoms. The first-order valence-corrected chi connectivity index (χ1v) is 4.96. The number of benzene rings is 1. The largest absolute Gasteiger partial charge is 0.496 e. The van der Waals surface area contributed by atoms with Crippen molar-refractivity contribution in [3.63, 3.8) is 0 Å². The number of para-hydroxylation sites is 1. The van der Waals surface area contributed by atoms with Crippen molar-refractivity contribution in [1.82, 2.24) is 0 Å². The van der Waals surface area contributed by atoms with Gasteiger partial charge in [0.05, 0.1) is 13.7 Å². The van der Waals surface area contributed by atoms with E-state index in [2.05, 4.69) is 0 Å². The highest BCUT2D eigenvalue weighted by atomic mass is 16.5. The molecule has 1 aliphatic rings. The standard InChI is InChI=1S/C12H14O3/c1-14-10-6-3-2-5-9(10)12(13)11-7-4-8-15-11/h2-3,5-7,12-13H,4,8H2,1H3. The van der Waals surface area contributed by atoms with Crippen molar-refractivity contribution < 1.29 is 14.6 Å². The fourth-order valence-electron chi connectivity index (χ4n) is 1.67. The molecule has 0 aromatic heterocycles. The van der Waals surface area contributed by atoms with Crippen LogP contribution in [0.2, 0.25) is 0 Å². The van der Waals surface area contributed by atoms with Gasteiger partial charge in [0.1, 0.15) is 17.6 Å². The van der Waals surface area contributed by atoms with Crippen LogP contribution in [0, 0.1) is 0 Å². The molecule has 1 aromatic carbocycles. The van der Waals surface area contributed by atoms with Gasteiger partial charge in [-0.3, -0.25) is 0 Å². The number of hydrogen-bond acceptors (Lipinski definition) is 3. The van der Waals surface area contributed by atoms with Gasteiger partial charge in [-0.15, -0.1) is 0 Å². The Morgan fingerprint density at radius 1 is 1.40 bits per heavy atom. The summed E-state index contributed by atoms with van der Waals surface area (Å²) in [5, 5.41) is 10.1. The lowest BCUT2D eigenvalue weighted by Crippen LogP contribution is -2.04. The highest BCUT2D eigenvalue weighted by Gasteiger charge is 2.20. The zero-order valence-electron chi connectivity index (χ0n) is 8.64. The second kappa shape index (κ2) is 4.36. The van der Waals surface area contributed by atoms with Crippen molar-refractivity contribution in [2.24, 2.45) is 0 Å². The number of methoxy groups -OCH3 is 1. The summed E-state index contributed by atoms with van der Waals surface area (Å²) >= 11 is 0. The predicted octanol–water partition coefficient (Wildman–Crippen LogP) is 2.03. The molecule has 1 aliphatic heterocycles. The zero-order valence-corrected chi connectivity index (χ0v) is 8.64. The van der Waals surface area contributed by atoms with Crippen LogP contribution in [0.4, 0.5) is 0 Å². The van der Waals surface area contributed by atoms with Crippen molar-refractivity contribution in [1.29, 1.82) is 0 Å². The summed E-state index contributed by atoms with van der Waals surface area (Å²) in [5.41, 5.74) is 0.744. The van der Waals surface area contributed by atoms with Gasteiger partial charge in [0.2, 0.25) is 0 Å². The monoisotopic (exact) mass is 206 g/mol. The first-order valence-electron chi connectivity index (χ1n) is 4.96. The summed E-state index contributed by atoms with van der Waals surface area (Å²) in [4.78, 5) is 0. The van der Waals surface area contributed by atoms with E-state index >= 15 is 0 Å². The van der Waals surface area contributed by atoms with Crippen LogP contribution in [0.15, 0.2) is 36.1 Å². The Bertz CT molecular complexity index is 371. The van der Waals surface area contributed by atoms with E-state index in [1.165, 1.54) is 0 Å². The molecule has 0 bridgehead atoms. The minimum absolute atomic E-state index is 0.625. The highest BCUT2D eigenvalue weighted by molar-refractivity contribution is 5.38. The number of ether oxygens (including phenoxy) is 2. The maximum atomic E-state index is 10.1. The van der Waals surface area contributed by atoms with Crippen molar-refractivity contribution in [2.75, 3.05) is 13.7 Å². The van der Waals surface area contributed by atoms with E-state index in [-0.39, 0.29) is 0 Å². The molecule has 0 amide bonds. The van der Waals surface area contributed by atoms with Crippen molar-refractivity contribution in [3.8, 4) is 5.75 Å². The maximum absolute atomic E-state index is 10.1. The minimum atomic E-state index is -0.719. The smallest absolute Gasteiger partial charge is 0.139 e. The van der Waals surface area contributed by atoms with Crippen LogP contribution in [-0.4, -0.2) is 18.8 Å². The molecule has 0 saturated heterocycles. The van der Waals surface area contributed by atoms with Gasteiger partial charge >= 0.3 is 0 Å². The Balaban J connectivity index is 2.27. The molecule has 2 rings (SSSR count). The lowest BCUT2D eigenvalue weighted by atomic mass is 10.1.